The number of amides is 1. The predicted molar refractivity (Wildman–Crippen MR) is 103 cm³/mol. The Bertz CT molecular complexity index is 403. The van der Waals surface area contributed by atoms with Gasteiger partial charge in [-0.25, -0.2) is 0 Å². The van der Waals surface area contributed by atoms with Crippen LogP contribution in [0.3, 0.4) is 0 Å². The molecule has 0 bridgehead atoms. The number of rotatable bonds is 5. The summed E-state index contributed by atoms with van der Waals surface area (Å²) >= 11 is 0. The van der Waals surface area contributed by atoms with E-state index in [0.29, 0.717) is 31.3 Å². The fraction of sp³-hybridized carbons (Fsp3) is 0.882. The molecule has 2 rings (SSSR count). The van der Waals surface area contributed by atoms with Crippen molar-refractivity contribution < 1.29 is 9.53 Å². The maximum Gasteiger partial charge on any atom is 0.221 e. The van der Waals surface area contributed by atoms with Crippen molar-refractivity contribution in [3.05, 3.63) is 0 Å². The SMILES string of the molecule is Br.CNC(=O)CCNC(=NCC1CCCO1)N1CC(C)CC(C)C1. The summed E-state index contributed by atoms with van der Waals surface area (Å²) in [5.74, 6) is 2.33. The van der Waals surface area contributed by atoms with Crippen molar-refractivity contribution >= 4 is 28.8 Å². The zero-order chi connectivity index (χ0) is 16.7. The third kappa shape index (κ3) is 6.97. The number of hydrogen-bond acceptors (Lipinski definition) is 3. The minimum absolute atomic E-state index is 0. The molecule has 0 radical (unpaired) electrons. The lowest BCUT2D eigenvalue weighted by atomic mass is 9.92. The number of carbonyl (C=O) groups excluding carboxylic acids is 1. The van der Waals surface area contributed by atoms with Crippen LogP contribution in [0.5, 0.6) is 0 Å². The summed E-state index contributed by atoms with van der Waals surface area (Å²) in [6.45, 7) is 8.83. The van der Waals surface area contributed by atoms with Crippen LogP contribution in [0.1, 0.15) is 39.5 Å². The van der Waals surface area contributed by atoms with Gasteiger partial charge in [0.15, 0.2) is 5.96 Å². The fourth-order valence-electron chi connectivity index (χ4n) is 3.49. The number of aliphatic imine (C=N–C) groups is 1. The summed E-state index contributed by atoms with van der Waals surface area (Å²) < 4.78 is 5.68. The van der Waals surface area contributed by atoms with Crippen LogP contribution in [0.4, 0.5) is 0 Å². The van der Waals surface area contributed by atoms with E-state index in [-0.39, 0.29) is 29.0 Å². The van der Waals surface area contributed by atoms with Crippen LogP contribution in [0, 0.1) is 11.8 Å². The first kappa shape index (κ1) is 21.2. The van der Waals surface area contributed by atoms with Crippen LogP contribution in [0.25, 0.3) is 0 Å². The van der Waals surface area contributed by atoms with Gasteiger partial charge >= 0.3 is 0 Å². The summed E-state index contributed by atoms with van der Waals surface area (Å²) in [5.41, 5.74) is 0. The van der Waals surface area contributed by atoms with E-state index in [9.17, 15) is 4.79 Å². The minimum Gasteiger partial charge on any atom is -0.376 e. The van der Waals surface area contributed by atoms with E-state index in [1.54, 1.807) is 7.05 Å². The Balaban J connectivity index is 0.00000288. The Hall–Kier alpha value is -0.820. The molecule has 1 amide bonds. The van der Waals surface area contributed by atoms with Crippen LogP contribution >= 0.6 is 17.0 Å². The zero-order valence-electron chi connectivity index (χ0n) is 15.2. The van der Waals surface area contributed by atoms with E-state index in [1.165, 1.54) is 6.42 Å². The molecule has 2 saturated heterocycles. The molecule has 0 saturated carbocycles. The van der Waals surface area contributed by atoms with E-state index >= 15 is 0 Å². The fourth-order valence-corrected chi connectivity index (χ4v) is 3.49. The lowest BCUT2D eigenvalue weighted by Crippen LogP contribution is -2.49. The number of likely N-dealkylation sites (tertiary alicyclic amines) is 1. The van der Waals surface area contributed by atoms with Crippen LogP contribution < -0.4 is 10.6 Å². The van der Waals surface area contributed by atoms with Crippen molar-refractivity contribution in [2.75, 3.05) is 39.8 Å². The molecule has 2 heterocycles. The lowest BCUT2D eigenvalue weighted by molar-refractivity contribution is -0.120. The van der Waals surface area contributed by atoms with Gasteiger partial charge in [0.25, 0.3) is 0 Å². The van der Waals surface area contributed by atoms with Crippen LogP contribution in [0.15, 0.2) is 4.99 Å². The molecular formula is C17H33BrN4O2. The summed E-state index contributed by atoms with van der Waals surface area (Å²) in [7, 11) is 1.67. The molecule has 2 fully saturated rings. The topological polar surface area (TPSA) is 66.0 Å². The highest BCUT2D eigenvalue weighted by atomic mass is 79.9. The van der Waals surface area contributed by atoms with Gasteiger partial charge in [-0.2, -0.15) is 0 Å². The molecule has 3 unspecified atom stereocenters. The molecule has 0 aliphatic carbocycles. The minimum atomic E-state index is 0. The first-order chi connectivity index (χ1) is 11.1. The number of piperidine rings is 1. The summed E-state index contributed by atoms with van der Waals surface area (Å²) in [6, 6.07) is 0. The summed E-state index contributed by atoms with van der Waals surface area (Å²) in [4.78, 5) is 18.6. The molecule has 24 heavy (non-hydrogen) atoms. The van der Waals surface area contributed by atoms with Crippen molar-refractivity contribution in [3.8, 4) is 0 Å². The number of nitrogens with zero attached hydrogens (tertiary/aromatic N) is 2. The van der Waals surface area contributed by atoms with E-state index in [1.807, 2.05) is 0 Å². The highest BCUT2D eigenvalue weighted by molar-refractivity contribution is 8.93. The molecule has 6 nitrogen and oxygen atoms in total. The van der Waals surface area contributed by atoms with E-state index in [4.69, 9.17) is 9.73 Å². The number of halogens is 1. The molecule has 3 atom stereocenters. The second kappa shape index (κ2) is 10.9. The van der Waals surface area contributed by atoms with Crippen molar-refractivity contribution in [3.63, 3.8) is 0 Å². The smallest absolute Gasteiger partial charge is 0.221 e. The highest BCUT2D eigenvalue weighted by Crippen LogP contribution is 2.21. The monoisotopic (exact) mass is 404 g/mol. The second-order valence-electron chi connectivity index (χ2n) is 7.00. The Morgan fingerprint density at radius 3 is 2.58 bits per heavy atom. The number of hydrogen-bond donors (Lipinski definition) is 2. The quantitative estimate of drug-likeness (QED) is 0.541. The molecular weight excluding hydrogens is 372 g/mol. The summed E-state index contributed by atoms with van der Waals surface area (Å²) in [5, 5.41) is 6.04. The van der Waals surface area contributed by atoms with Gasteiger partial charge in [0.1, 0.15) is 0 Å². The Morgan fingerprint density at radius 1 is 1.29 bits per heavy atom. The molecule has 0 aromatic heterocycles. The highest BCUT2D eigenvalue weighted by Gasteiger charge is 2.25. The van der Waals surface area contributed by atoms with Gasteiger partial charge in [-0.3, -0.25) is 9.79 Å². The standard InChI is InChI=1S/C17H32N4O2.BrH/c1-13-9-14(2)12-21(11-13)17(19-7-6-16(22)18-3)20-10-15-5-4-8-23-15;/h13-15H,4-12H2,1-3H3,(H,18,22)(H,19,20);1H. The Kier molecular flexibility index (Phi) is 9.66. The van der Waals surface area contributed by atoms with Gasteiger partial charge in [-0.15, -0.1) is 17.0 Å². The average molecular weight is 405 g/mol. The van der Waals surface area contributed by atoms with E-state index in [0.717, 1.165) is 38.5 Å². The van der Waals surface area contributed by atoms with E-state index in [2.05, 4.69) is 29.4 Å². The van der Waals surface area contributed by atoms with Crippen molar-refractivity contribution in [2.24, 2.45) is 16.8 Å². The maximum absolute atomic E-state index is 11.4. The summed E-state index contributed by atoms with van der Waals surface area (Å²) in [6.07, 6.45) is 4.23. The molecule has 2 aliphatic rings. The van der Waals surface area contributed by atoms with Crippen LogP contribution in [0.2, 0.25) is 0 Å². The van der Waals surface area contributed by atoms with Crippen molar-refractivity contribution in [1.29, 1.82) is 0 Å². The lowest BCUT2D eigenvalue weighted by Gasteiger charge is -2.37. The second-order valence-corrected chi connectivity index (χ2v) is 7.00. The largest absolute Gasteiger partial charge is 0.376 e. The van der Waals surface area contributed by atoms with Crippen LogP contribution in [-0.4, -0.2) is 62.7 Å². The number of nitrogens with one attached hydrogen (secondary N) is 2. The average Bonchev–Trinajstić information content (AvgIpc) is 3.02. The molecule has 2 N–H and O–H groups in total. The first-order valence-electron chi connectivity index (χ1n) is 8.94. The van der Waals surface area contributed by atoms with Crippen molar-refractivity contribution in [1.82, 2.24) is 15.5 Å². The van der Waals surface area contributed by atoms with Gasteiger partial charge in [0, 0.05) is 39.7 Å². The van der Waals surface area contributed by atoms with Crippen LogP contribution in [-0.2, 0) is 9.53 Å². The maximum atomic E-state index is 11.4. The van der Waals surface area contributed by atoms with Gasteiger partial charge in [-0.05, 0) is 31.1 Å². The molecule has 2 aliphatic heterocycles. The van der Waals surface area contributed by atoms with Crippen molar-refractivity contribution in [2.45, 2.75) is 45.6 Å². The number of guanidine groups is 1. The third-order valence-electron chi connectivity index (χ3n) is 4.55. The van der Waals surface area contributed by atoms with Gasteiger partial charge in [0.05, 0.1) is 12.6 Å². The Labute approximate surface area is 156 Å². The van der Waals surface area contributed by atoms with E-state index < -0.39 is 0 Å². The zero-order valence-corrected chi connectivity index (χ0v) is 16.9. The molecule has 140 valence electrons. The third-order valence-corrected chi connectivity index (χ3v) is 4.55. The Morgan fingerprint density at radius 2 is 2.00 bits per heavy atom. The van der Waals surface area contributed by atoms with Gasteiger partial charge in [-0.1, -0.05) is 13.8 Å². The molecule has 0 spiro atoms. The number of ether oxygens (including phenoxy) is 1. The normalized spacial score (nSPS) is 27.5. The number of carbonyl (C=O) groups is 1. The molecule has 0 aromatic carbocycles. The molecule has 7 heteroatoms. The van der Waals surface area contributed by atoms with Gasteiger partial charge in [0.2, 0.25) is 5.91 Å². The van der Waals surface area contributed by atoms with Gasteiger partial charge < -0.3 is 20.3 Å². The predicted octanol–water partition coefficient (Wildman–Crippen LogP) is 1.80. The molecule has 0 aromatic rings. The first-order valence-corrected chi connectivity index (χ1v) is 8.94.